The number of hydrogen-bond donors (Lipinski definition) is 3. The molecule has 0 heterocycles. The van der Waals surface area contributed by atoms with Gasteiger partial charge in [0.15, 0.2) is 11.5 Å². The van der Waals surface area contributed by atoms with Crippen LogP contribution in [0.4, 0.5) is 5.69 Å². The molecule has 0 radical (unpaired) electrons. The second-order valence-corrected chi connectivity index (χ2v) is 3.01. The summed E-state index contributed by atoms with van der Waals surface area (Å²) in [6.45, 7) is 0. The lowest BCUT2D eigenvalue weighted by Crippen LogP contribution is -1.99. The van der Waals surface area contributed by atoms with E-state index in [1.54, 1.807) is 7.05 Å². The van der Waals surface area contributed by atoms with Gasteiger partial charge in [-0.15, -0.1) is 0 Å². The molecule has 0 aliphatic carbocycles. The van der Waals surface area contributed by atoms with Crippen LogP contribution < -0.4 is 10.1 Å². The van der Waals surface area contributed by atoms with Crippen LogP contribution in [0.3, 0.4) is 0 Å². The number of rotatable bonds is 3. The van der Waals surface area contributed by atoms with E-state index in [-0.39, 0.29) is 10.9 Å². The lowest BCUT2D eigenvalue weighted by Gasteiger charge is -2.10. The molecule has 0 spiro atoms. The molecule has 14 heavy (non-hydrogen) atoms. The van der Waals surface area contributed by atoms with Crippen molar-refractivity contribution in [1.82, 2.24) is 0 Å². The summed E-state index contributed by atoms with van der Waals surface area (Å²) in [5.74, 6) is 0.308. The number of aromatic hydroxyl groups is 1. The first kappa shape index (κ1) is 10.7. The highest BCUT2D eigenvalue weighted by atomic mass is 35.5. The summed E-state index contributed by atoms with van der Waals surface area (Å²) in [5.41, 5.74) is 1.08. The van der Waals surface area contributed by atoms with Crippen molar-refractivity contribution in [3.63, 3.8) is 0 Å². The van der Waals surface area contributed by atoms with Gasteiger partial charge in [-0.2, -0.15) is 0 Å². The van der Waals surface area contributed by atoms with Crippen LogP contribution in [0.2, 0.25) is 0 Å². The molecule has 0 unspecified atom stereocenters. The van der Waals surface area contributed by atoms with Crippen molar-refractivity contribution in [1.29, 1.82) is 5.41 Å². The molecule has 1 rings (SSSR count). The second kappa shape index (κ2) is 4.19. The SMILES string of the molecule is CNc1cc(O)c(OC)cc1C(=N)Cl. The summed E-state index contributed by atoms with van der Waals surface area (Å²) < 4.78 is 4.90. The molecule has 1 aromatic rings. The van der Waals surface area contributed by atoms with Crippen molar-refractivity contribution in [2.75, 3.05) is 19.5 Å². The number of hydrogen-bond acceptors (Lipinski definition) is 4. The van der Waals surface area contributed by atoms with Crippen molar-refractivity contribution >= 4 is 22.5 Å². The highest BCUT2D eigenvalue weighted by molar-refractivity contribution is 6.69. The summed E-state index contributed by atoms with van der Waals surface area (Å²) in [4.78, 5) is 0. The van der Waals surface area contributed by atoms with Gasteiger partial charge in [0.2, 0.25) is 0 Å². The van der Waals surface area contributed by atoms with Crippen LogP contribution in [-0.2, 0) is 0 Å². The number of methoxy groups -OCH3 is 1. The standard InChI is InChI=1S/C9H11ClN2O2/c1-12-6-4-7(13)8(14-2)3-5(6)9(10)11/h3-4,11-13H,1-2H3. The fourth-order valence-electron chi connectivity index (χ4n) is 1.12. The molecule has 0 aliphatic heterocycles. The largest absolute Gasteiger partial charge is 0.504 e. The van der Waals surface area contributed by atoms with Gasteiger partial charge in [-0.05, 0) is 6.07 Å². The fourth-order valence-corrected chi connectivity index (χ4v) is 1.28. The van der Waals surface area contributed by atoms with Crippen molar-refractivity contribution in [2.45, 2.75) is 0 Å². The summed E-state index contributed by atoms with van der Waals surface area (Å²) in [6, 6.07) is 2.97. The van der Waals surface area contributed by atoms with Crippen molar-refractivity contribution < 1.29 is 9.84 Å². The fraction of sp³-hybridized carbons (Fsp3) is 0.222. The Kier molecular flexibility index (Phi) is 3.19. The number of anilines is 1. The van der Waals surface area contributed by atoms with Crippen LogP contribution in [0, 0.1) is 5.41 Å². The maximum Gasteiger partial charge on any atom is 0.161 e. The van der Waals surface area contributed by atoms with E-state index in [9.17, 15) is 5.11 Å². The average Bonchev–Trinajstić information content (AvgIpc) is 2.16. The van der Waals surface area contributed by atoms with E-state index < -0.39 is 0 Å². The predicted octanol–water partition coefficient (Wildman–Crippen LogP) is 2.01. The molecule has 0 aromatic heterocycles. The smallest absolute Gasteiger partial charge is 0.161 e. The number of phenolic OH excluding ortho intramolecular Hbond substituents is 1. The Bertz CT molecular complexity index is 366. The first-order chi connectivity index (χ1) is 6.60. The molecule has 5 heteroatoms. The Morgan fingerprint density at radius 2 is 2.21 bits per heavy atom. The van der Waals surface area contributed by atoms with Gasteiger partial charge in [0.05, 0.1) is 7.11 Å². The maximum absolute atomic E-state index is 9.45. The third-order valence-electron chi connectivity index (χ3n) is 1.82. The van der Waals surface area contributed by atoms with Gasteiger partial charge in [0.25, 0.3) is 0 Å². The normalized spacial score (nSPS) is 9.64. The summed E-state index contributed by atoms with van der Waals surface area (Å²) in [6.07, 6.45) is 0. The van der Waals surface area contributed by atoms with Gasteiger partial charge in [-0.1, -0.05) is 11.6 Å². The highest BCUT2D eigenvalue weighted by Gasteiger charge is 2.10. The van der Waals surface area contributed by atoms with Gasteiger partial charge in [0, 0.05) is 24.4 Å². The molecule has 3 N–H and O–H groups in total. The molecule has 0 fully saturated rings. The lowest BCUT2D eigenvalue weighted by atomic mass is 10.1. The van der Waals surface area contributed by atoms with Crippen LogP contribution in [-0.4, -0.2) is 24.4 Å². The molecule has 76 valence electrons. The third kappa shape index (κ3) is 1.90. The maximum atomic E-state index is 9.45. The van der Waals surface area contributed by atoms with E-state index in [4.69, 9.17) is 21.7 Å². The van der Waals surface area contributed by atoms with E-state index in [0.29, 0.717) is 17.0 Å². The van der Waals surface area contributed by atoms with Gasteiger partial charge in [0.1, 0.15) is 5.17 Å². The molecule has 0 aliphatic rings. The molecular weight excluding hydrogens is 204 g/mol. The number of halogens is 1. The summed E-state index contributed by atoms with van der Waals surface area (Å²) in [5, 5.41) is 19.5. The molecule has 0 atom stereocenters. The van der Waals surface area contributed by atoms with Gasteiger partial charge < -0.3 is 15.2 Å². The van der Waals surface area contributed by atoms with Crippen LogP contribution in [0.25, 0.3) is 0 Å². The van der Waals surface area contributed by atoms with E-state index in [1.165, 1.54) is 19.2 Å². The van der Waals surface area contributed by atoms with Crippen LogP contribution in [0.5, 0.6) is 11.5 Å². The Hall–Kier alpha value is -1.42. The average molecular weight is 215 g/mol. The minimum Gasteiger partial charge on any atom is -0.504 e. The van der Waals surface area contributed by atoms with E-state index in [1.807, 2.05) is 0 Å². The van der Waals surface area contributed by atoms with E-state index in [2.05, 4.69) is 5.32 Å². The molecule has 1 aromatic carbocycles. The minimum atomic E-state index is -0.104. The first-order valence-corrected chi connectivity index (χ1v) is 4.31. The molecule has 0 amide bonds. The van der Waals surface area contributed by atoms with Crippen molar-refractivity contribution in [2.24, 2.45) is 0 Å². The van der Waals surface area contributed by atoms with Crippen LogP contribution in [0.15, 0.2) is 12.1 Å². The molecule has 0 saturated carbocycles. The zero-order chi connectivity index (χ0) is 10.7. The van der Waals surface area contributed by atoms with E-state index >= 15 is 0 Å². The third-order valence-corrected chi connectivity index (χ3v) is 2.03. The van der Waals surface area contributed by atoms with Crippen LogP contribution in [0.1, 0.15) is 5.56 Å². The number of phenols is 1. The quantitative estimate of drug-likeness (QED) is 0.675. The Labute approximate surface area is 87.0 Å². The lowest BCUT2D eigenvalue weighted by molar-refractivity contribution is 0.373. The van der Waals surface area contributed by atoms with E-state index in [0.717, 1.165) is 0 Å². The predicted molar refractivity (Wildman–Crippen MR) is 56.9 cm³/mol. The minimum absolute atomic E-state index is 0.0125. The zero-order valence-electron chi connectivity index (χ0n) is 7.89. The highest BCUT2D eigenvalue weighted by Crippen LogP contribution is 2.32. The number of benzene rings is 1. The zero-order valence-corrected chi connectivity index (χ0v) is 8.64. The van der Waals surface area contributed by atoms with Crippen LogP contribution >= 0.6 is 11.6 Å². The molecule has 0 saturated heterocycles. The molecular formula is C9H11ClN2O2. The molecule has 4 nitrogen and oxygen atoms in total. The Balaban J connectivity index is 3.32. The van der Waals surface area contributed by atoms with Crippen molar-refractivity contribution in [3.8, 4) is 11.5 Å². The Morgan fingerprint density at radius 3 is 2.64 bits per heavy atom. The van der Waals surface area contributed by atoms with Gasteiger partial charge >= 0.3 is 0 Å². The topological polar surface area (TPSA) is 65.3 Å². The second-order valence-electron chi connectivity index (χ2n) is 2.63. The summed E-state index contributed by atoms with van der Waals surface area (Å²) in [7, 11) is 3.13. The monoisotopic (exact) mass is 214 g/mol. The number of nitrogens with one attached hydrogen (secondary N) is 2. The van der Waals surface area contributed by atoms with Gasteiger partial charge in [-0.25, -0.2) is 0 Å². The number of ether oxygens (including phenoxy) is 1. The van der Waals surface area contributed by atoms with Gasteiger partial charge in [-0.3, -0.25) is 5.41 Å². The first-order valence-electron chi connectivity index (χ1n) is 3.93. The summed E-state index contributed by atoms with van der Waals surface area (Å²) >= 11 is 5.57. The Morgan fingerprint density at radius 1 is 1.57 bits per heavy atom. The molecule has 0 bridgehead atoms. The van der Waals surface area contributed by atoms with Crippen molar-refractivity contribution in [3.05, 3.63) is 17.7 Å².